The zero-order valence-corrected chi connectivity index (χ0v) is 14.3. The van der Waals surface area contributed by atoms with Crippen LogP contribution in [0.3, 0.4) is 0 Å². The van der Waals surface area contributed by atoms with Crippen molar-refractivity contribution in [3.05, 3.63) is 47.8 Å². The maximum absolute atomic E-state index is 12.9. The van der Waals surface area contributed by atoms with Gasteiger partial charge in [-0.15, -0.1) is 0 Å². The van der Waals surface area contributed by atoms with Crippen molar-refractivity contribution < 1.29 is 9.53 Å². The van der Waals surface area contributed by atoms with Gasteiger partial charge in [-0.3, -0.25) is 4.79 Å². The summed E-state index contributed by atoms with van der Waals surface area (Å²) in [6.45, 7) is 7.96. The van der Waals surface area contributed by atoms with E-state index in [2.05, 4.69) is 18.9 Å². The highest BCUT2D eigenvalue weighted by molar-refractivity contribution is 5.95. The maximum atomic E-state index is 12.9. The van der Waals surface area contributed by atoms with Crippen LogP contribution in [0.2, 0.25) is 0 Å². The van der Waals surface area contributed by atoms with E-state index in [0.29, 0.717) is 31.2 Å². The zero-order valence-electron chi connectivity index (χ0n) is 14.3. The van der Waals surface area contributed by atoms with E-state index in [0.717, 1.165) is 11.4 Å². The number of benzene rings is 1. The molecule has 1 aromatic carbocycles. The van der Waals surface area contributed by atoms with Crippen molar-refractivity contribution in [1.29, 1.82) is 0 Å². The molecule has 2 rings (SSSR count). The average molecular weight is 315 g/mol. The molecule has 1 amide bonds. The molecule has 5 nitrogen and oxygen atoms in total. The minimum absolute atomic E-state index is 0.00966. The van der Waals surface area contributed by atoms with Gasteiger partial charge in [0.2, 0.25) is 0 Å². The quantitative estimate of drug-likeness (QED) is 0.789. The van der Waals surface area contributed by atoms with E-state index in [-0.39, 0.29) is 5.91 Å². The number of hydrogen-bond donors (Lipinski definition) is 0. The van der Waals surface area contributed by atoms with Crippen molar-refractivity contribution in [3.8, 4) is 5.69 Å². The molecule has 0 saturated carbocycles. The molecule has 0 spiro atoms. The number of methoxy groups -OCH3 is 1. The second kappa shape index (κ2) is 7.92. The summed E-state index contributed by atoms with van der Waals surface area (Å²) in [4.78, 5) is 14.7. The molecule has 23 heavy (non-hydrogen) atoms. The molecule has 2 aromatic rings. The molecule has 5 heteroatoms. The summed E-state index contributed by atoms with van der Waals surface area (Å²) >= 11 is 0. The molecule has 0 aliphatic rings. The Labute approximate surface area is 137 Å². The van der Waals surface area contributed by atoms with E-state index in [1.165, 1.54) is 0 Å². The molecule has 0 aliphatic heterocycles. The van der Waals surface area contributed by atoms with E-state index >= 15 is 0 Å². The van der Waals surface area contributed by atoms with Crippen LogP contribution in [0.25, 0.3) is 5.69 Å². The molecule has 0 N–H and O–H groups in total. The highest BCUT2D eigenvalue weighted by Crippen LogP contribution is 2.16. The number of nitrogens with zero attached hydrogens (tertiary/aromatic N) is 3. The SMILES string of the molecule is COCCN(CC(C)C)C(=O)c1cnn(-c2ccccc2)c1C. The van der Waals surface area contributed by atoms with Crippen molar-refractivity contribution in [2.45, 2.75) is 20.8 Å². The lowest BCUT2D eigenvalue weighted by atomic mass is 10.1. The summed E-state index contributed by atoms with van der Waals surface area (Å²) in [6.07, 6.45) is 1.66. The highest BCUT2D eigenvalue weighted by atomic mass is 16.5. The molecular weight excluding hydrogens is 290 g/mol. The van der Waals surface area contributed by atoms with Crippen LogP contribution in [0, 0.1) is 12.8 Å². The predicted molar refractivity (Wildman–Crippen MR) is 90.9 cm³/mol. The molecule has 124 valence electrons. The van der Waals surface area contributed by atoms with E-state index in [1.807, 2.05) is 42.2 Å². The molecule has 0 aliphatic carbocycles. The van der Waals surface area contributed by atoms with Crippen LogP contribution in [0.4, 0.5) is 0 Å². The second-order valence-electron chi connectivity index (χ2n) is 6.03. The lowest BCUT2D eigenvalue weighted by molar-refractivity contribution is 0.0671. The molecule has 0 fully saturated rings. The fourth-order valence-corrected chi connectivity index (χ4v) is 2.54. The Balaban J connectivity index is 2.26. The van der Waals surface area contributed by atoms with E-state index in [4.69, 9.17) is 4.74 Å². The van der Waals surface area contributed by atoms with E-state index in [1.54, 1.807) is 18.0 Å². The number of ether oxygens (including phenoxy) is 1. The Morgan fingerprint density at radius 1 is 1.30 bits per heavy atom. The minimum atomic E-state index is 0.00966. The molecule has 1 aromatic heterocycles. The van der Waals surface area contributed by atoms with Crippen LogP contribution < -0.4 is 0 Å². The topological polar surface area (TPSA) is 47.4 Å². The number of hydrogen-bond acceptors (Lipinski definition) is 3. The van der Waals surface area contributed by atoms with Crippen LogP contribution in [-0.2, 0) is 4.74 Å². The Hall–Kier alpha value is -2.14. The largest absolute Gasteiger partial charge is 0.383 e. The first kappa shape index (κ1) is 17.2. The number of carbonyl (C=O) groups is 1. The van der Waals surface area contributed by atoms with Crippen molar-refractivity contribution in [1.82, 2.24) is 14.7 Å². The molecular formula is C18H25N3O2. The van der Waals surface area contributed by atoms with Crippen molar-refractivity contribution in [2.24, 2.45) is 5.92 Å². The van der Waals surface area contributed by atoms with Gasteiger partial charge in [-0.1, -0.05) is 32.0 Å². The Morgan fingerprint density at radius 3 is 2.61 bits per heavy atom. The van der Waals surface area contributed by atoms with Gasteiger partial charge >= 0.3 is 0 Å². The summed E-state index contributed by atoms with van der Waals surface area (Å²) in [5, 5.41) is 4.39. The molecule has 0 radical (unpaired) electrons. The summed E-state index contributed by atoms with van der Waals surface area (Å²) in [5.74, 6) is 0.413. The van der Waals surface area contributed by atoms with Gasteiger partial charge in [0.25, 0.3) is 5.91 Å². The first-order valence-electron chi connectivity index (χ1n) is 7.92. The van der Waals surface area contributed by atoms with Crippen LogP contribution in [-0.4, -0.2) is 47.4 Å². The average Bonchev–Trinajstić information content (AvgIpc) is 2.93. The third kappa shape index (κ3) is 4.20. The Morgan fingerprint density at radius 2 is 2.00 bits per heavy atom. The summed E-state index contributed by atoms with van der Waals surface area (Å²) in [7, 11) is 1.65. The lowest BCUT2D eigenvalue weighted by Gasteiger charge is -2.24. The van der Waals surface area contributed by atoms with Gasteiger partial charge in [-0.25, -0.2) is 4.68 Å². The lowest BCUT2D eigenvalue weighted by Crippen LogP contribution is -2.37. The predicted octanol–water partition coefficient (Wildman–Crippen LogP) is 2.93. The minimum Gasteiger partial charge on any atom is -0.383 e. The number of amides is 1. The van der Waals surface area contributed by atoms with Gasteiger partial charge in [0.05, 0.1) is 29.7 Å². The molecule has 0 unspecified atom stereocenters. The fourth-order valence-electron chi connectivity index (χ4n) is 2.54. The third-order valence-electron chi connectivity index (χ3n) is 3.68. The summed E-state index contributed by atoms with van der Waals surface area (Å²) in [5.41, 5.74) is 2.45. The van der Waals surface area contributed by atoms with E-state index < -0.39 is 0 Å². The second-order valence-corrected chi connectivity index (χ2v) is 6.03. The molecule has 1 heterocycles. The van der Waals surface area contributed by atoms with Crippen molar-refractivity contribution in [3.63, 3.8) is 0 Å². The number of para-hydroxylation sites is 1. The normalized spacial score (nSPS) is 11.0. The van der Waals surface area contributed by atoms with Crippen LogP contribution in [0.1, 0.15) is 29.9 Å². The van der Waals surface area contributed by atoms with Crippen molar-refractivity contribution in [2.75, 3.05) is 26.8 Å². The number of rotatable bonds is 7. The van der Waals surface area contributed by atoms with Crippen molar-refractivity contribution >= 4 is 5.91 Å². The Kier molecular flexibility index (Phi) is 5.93. The van der Waals surface area contributed by atoms with Crippen LogP contribution in [0.5, 0.6) is 0 Å². The first-order valence-corrected chi connectivity index (χ1v) is 7.92. The third-order valence-corrected chi connectivity index (χ3v) is 3.68. The zero-order chi connectivity index (χ0) is 16.8. The monoisotopic (exact) mass is 315 g/mol. The first-order chi connectivity index (χ1) is 11.0. The fraction of sp³-hybridized carbons (Fsp3) is 0.444. The highest BCUT2D eigenvalue weighted by Gasteiger charge is 2.21. The molecule has 0 bridgehead atoms. The number of carbonyl (C=O) groups excluding carboxylic acids is 1. The van der Waals surface area contributed by atoms with Gasteiger partial charge in [0.1, 0.15) is 0 Å². The van der Waals surface area contributed by atoms with Gasteiger partial charge in [-0.2, -0.15) is 5.10 Å². The Bertz CT molecular complexity index is 635. The van der Waals surface area contributed by atoms with Crippen LogP contribution in [0.15, 0.2) is 36.5 Å². The molecule has 0 atom stereocenters. The van der Waals surface area contributed by atoms with Gasteiger partial charge in [-0.05, 0) is 25.0 Å². The van der Waals surface area contributed by atoms with Gasteiger partial charge in [0.15, 0.2) is 0 Å². The smallest absolute Gasteiger partial charge is 0.257 e. The van der Waals surface area contributed by atoms with E-state index in [9.17, 15) is 4.79 Å². The summed E-state index contributed by atoms with van der Waals surface area (Å²) in [6, 6.07) is 9.84. The standard InChI is InChI=1S/C18H25N3O2/c1-14(2)13-20(10-11-23-4)18(22)17-12-19-21(15(17)3)16-8-6-5-7-9-16/h5-9,12,14H,10-11,13H2,1-4H3. The van der Waals surface area contributed by atoms with Gasteiger partial charge < -0.3 is 9.64 Å². The maximum Gasteiger partial charge on any atom is 0.257 e. The number of aromatic nitrogens is 2. The van der Waals surface area contributed by atoms with Crippen LogP contribution >= 0.6 is 0 Å². The summed E-state index contributed by atoms with van der Waals surface area (Å²) < 4.78 is 6.93. The van der Waals surface area contributed by atoms with Gasteiger partial charge in [0, 0.05) is 20.2 Å². The molecule has 0 saturated heterocycles.